The maximum atomic E-state index is 4.51. The predicted molar refractivity (Wildman–Crippen MR) is 110 cm³/mol. The molecule has 0 atom stereocenters. The molecule has 0 unspecified atom stereocenters. The first-order valence-electron chi connectivity index (χ1n) is 9.42. The second-order valence-electron chi connectivity index (χ2n) is 7.04. The van der Waals surface area contributed by atoms with Crippen LogP contribution in [0.15, 0.2) is 42.0 Å². The molecule has 1 heterocycles. The van der Waals surface area contributed by atoms with Crippen LogP contribution in [0, 0.1) is 6.92 Å². The van der Waals surface area contributed by atoms with Crippen LogP contribution in [0.5, 0.6) is 0 Å². The van der Waals surface area contributed by atoms with E-state index >= 15 is 0 Å². The number of hydrogen-bond donors (Lipinski definition) is 2. The number of allylic oxidation sites excluding steroid dienone is 1. The Morgan fingerprint density at radius 2 is 1.81 bits per heavy atom. The summed E-state index contributed by atoms with van der Waals surface area (Å²) in [7, 11) is 4.08. The Bertz CT molecular complexity index is 749. The van der Waals surface area contributed by atoms with Crippen LogP contribution in [0.25, 0.3) is 0 Å². The summed E-state index contributed by atoms with van der Waals surface area (Å²) in [6.07, 6.45) is 8.66. The van der Waals surface area contributed by atoms with Gasteiger partial charge in [0.2, 0.25) is 0 Å². The van der Waals surface area contributed by atoms with E-state index < -0.39 is 0 Å². The minimum atomic E-state index is 0.763. The Morgan fingerprint density at radius 1 is 1.04 bits per heavy atom. The van der Waals surface area contributed by atoms with Gasteiger partial charge in [-0.1, -0.05) is 11.6 Å². The molecule has 1 aliphatic rings. The van der Waals surface area contributed by atoms with Crippen molar-refractivity contribution < 1.29 is 0 Å². The fourth-order valence-electron chi connectivity index (χ4n) is 3.20. The molecule has 2 N–H and O–H groups in total. The Balaban J connectivity index is 1.60. The summed E-state index contributed by atoms with van der Waals surface area (Å²) in [5.41, 5.74) is 3.77. The topological polar surface area (TPSA) is 53.1 Å². The molecule has 1 aromatic carbocycles. The van der Waals surface area contributed by atoms with E-state index in [9.17, 15) is 0 Å². The van der Waals surface area contributed by atoms with E-state index in [1.54, 1.807) is 5.57 Å². The fourth-order valence-corrected chi connectivity index (χ4v) is 3.20. The molecule has 0 fully saturated rings. The largest absolute Gasteiger partial charge is 0.378 e. The molecule has 3 rings (SSSR count). The molecule has 0 radical (unpaired) electrons. The summed E-state index contributed by atoms with van der Waals surface area (Å²) in [6, 6.07) is 10.3. The number of anilines is 4. The quantitative estimate of drug-likeness (QED) is 0.695. The third kappa shape index (κ3) is 5.22. The highest BCUT2D eigenvalue weighted by Crippen LogP contribution is 2.22. The first-order chi connectivity index (χ1) is 12.6. The Labute approximate surface area is 156 Å². The van der Waals surface area contributed by atoms with Crippen molar-refractivity contribution in [1.29, 1.82) is 0 Å². The molecular formula is C21H29N5. The van der Waals surface area contributed by atoms with Crippen LogP contribution in [0.4, 0.5) is 23.0 Å². The second-order valence-corrected chi connectivity index (χ2v) is 7.04. The van der Waals surface area contributed by atoms with Crippen molar-refractivity contribution in [2.75, 3.05) is 36.2 Å². The van der Waals surface area contributed by atoms with Crippen molar-refractivity contribution >= 4 is 23.0 Å². The first-order valence-corrected chi connectivity index (χ1v) is 9.42. The molecule has 0 saturated carbocycles. The van der Waals surface area contributed by atoms with Crippen molar-refractivity contribution in [3.63, 3.8) is 0 Å². The molecule has 1 aromatic heterocycles. The molecule has 0 saturated heterocycles. The predicted octanol–water partition coefficient (Wildman–Crippen LogP) is 4.90. The zero-order chi connectivity index (χ0) is 18.4. The SMILES string of the molecule is Cc1nc(NCCC2=CCCCC2)cc(Nc2ccc(N(C)C)cc2)n1. The Kier molecular flexibility index (Phi) is 6.10. The van der Waals surface area contributed by atoms with Gasteiger partial charge in [-0.2, -0.15) is 0 Å². The van der Waals surface area contributed by atoms with Crippen LogP contribution < -0.4 is 15.5 Å². The minimum absolute atomic E-state index is 0.763. The lowest BCUT2D eigenvalue weighted by molar-refractivity contribution is 0.679. The molecule has 5 heteroatoms. The smallest absolute Gasteiger partial charge is 0.136 e. The standard InChI is InChI=1S/C21H29N5/c1-16-23-20(22-14-13-17-7-5-4-6-8-17)15-21(24-16)25-18-9-11-19(12-10-18)26(2)3/h7,9-12,15H,4-6,8,13-14H2,1-3H3,(H2,22,23,24,25). The van der Waals surface area contributed by atoms with E-state index in [-0.39, 0.29) is 0 Å². The van der Waals surface area contributed by atoms with Crippen LogP contribution in [0.2, 0.25) is 0 Å². The van der Waals surface area contributed by atoms with Crippen LogP contribution in [-0.2, 0) is 0 Å². The lowest BCUT2D eigenvalue weighted by Crippen LogP contribution is -2.09. The summed E-state index contributed by atoms with van der Waals surface area (Å²) in [5.74, 6) is 2.45. The van der Waals surface area contributed by atoms with Crippen molar-refractivity contribution in [1.82, 2.24) is 9.97 Å². The molecule has 5 nitrogen and oxygen atoms in total. The number of aryl methyl sites for hydroxylation is 1. The molecule has 0 amide bonds. The molecule has 2 aromatic rings. The van der Waals surface area contributed by atoms with Crippen molar-refractivity contribution in [3.8, 4) is 0 Å². The van der Waals surface area contributed by atoms with Crippen molar-refractivity contribution in [3.05, 3.63) is 47.8 Å². The third-order valence-electron chi connectivity index (χ3n) is 4.63. The van der Waals surface area contributed by atoms with E-state index in [1.807, 2.05) is 27.1 Å². The van der Waals surface area contributed by atoms with Crippen LogP contribution in [0.1, 0.15) is 37.9 Å². The average molecular weight is 351 g/mol. The number of nitrogens with one attached hydrogen (secondary N) is 2. The zero-order valence-electron chi connectivity index (χ0n) is 16.0. The van der Waals surface area contributed by atoms with Gasteiger partial charge in [0, 0.05) is 38.1 Å². The molecule has 0 spiro atoms. The highest BCUT2D eigenvalue weighted by molar-refractivity contribution is 5.62. The number of aromatic nitrogens is 2. The van der Waals surface area contributed by atoms with Gasteiger partial charge in [-0.3, -0.25) is 0 Å². The molecule has 0 bridgehead atoms. The lowest BCUT2D eigenvalue weighted by Gasteiger charge is -2.15. The zero-order valence-corrected chi connectivity index (χ0v) is 16.0. The summed E-state index contributed by atoms with van der Waals surface area (Å²) < 4.78 is 0. The number of rotatable bonds is 7. The van der Waals surface area contributed by atoms with Gasteiger partial charge in [0.15, 0.2) is 0 Å². The third-order valence-corrected chi connectivity index (χ3v) is 4.63. The monoisotopic (exact) mass is 351 g/mol. The lowest BCUT2D eigenvalue weighted by atomic mass is 9.97. The molecule has 1 aliphatic carbocycles. The number of benzene rings is 1. The Hall–Kier alpha value is -2.56. The summed E-state index contributed by atoms with van der Waals surface area (Å²) in [4.78, 5) is 11.1. The van der Waals surface area contributed by atoms with Gasteiger partial charge in [-0.05, 0) is 63.3 Å². The van der Waals surface area contributed by atoms with E-state index in [0.29, 0.717) is 0 Å². The highest BCUT2D eigenvalue weighted by Gasteiger charge is 2.06. The van der Waals surface area contributed by atoms with Gasteiger partial charge in [-0.25, -0.2) is 9.97 Å². The van der Waals surface area contributed by atoms with Gasteiger partial charge < -0.3 is 15.5 Å². The van der Waals surface area contributed by atoms with E-state index in [0.717, 1.165) is 36.1 Å². The summed E-state index contributed by atoms with van der Waals surface area (Å²) in [5, 5.41) is 6.81. The molecule has 138 valence electrons. The van der Waals surface area contributed by atoms with Gasteiger partial charge in [-0.15, -0.1) is 0 Å². The molecule has 26 heavy (non-hydrogen) atoms. The fraction of sp³-hybridized carbons (Fsp3) is 0.429. The average Bonchev–Trinajstić information content (AvgIpc) is 2.62. The van der Waals surface area contributed by atoms with E-state index in [4.69, 9.17) is 0 Å². The first kappa shape index (κ1) is 18.2. The maximum Gasteiger partial charge on any atom is 0.136 e. The second kappa shape index (κ2) is 8.70. The van der Waals surface area contributed by atoms with Gasteiger partial charge in [0.05, 0.1) is 0 Å². The van der Waals surface area contributed by atoms with E-state index in [1.165, 1.54) is 31.4 Å². The number of nitrogens with zero attached hydrogens (tertiary/aromatic N) is 3. The number of hydrogen-bond acceptors (Lipinski definition) is 5. The van der Waals surface area contributed by atoms with Crippen molar-refractivity contribution in [2.24, 2.45) is 0 Å². The summed E-state index contributed by atoms with van der Waals surface area (Å²) in [6.45, 7) is 2.84. The van der Waals surface area contributed by atoms with Crippen LogP contribution in [-0.4, -0.2) is 30.6 Å². The van der Waals surface area contributed by atoms with Crippen LogP contribution >= 0.6 is 0 Å². The van der Waals surface area contributed by atoms with Crippen molar-refractivity contribution in [2.45, 2.75) is 39.0 Å². The normalized spacial score (nSPS) is 13.9. The molecular weight excluding hydrogens is 322 g/mol. The maximum absolute atomic E-state index is 4.51. The Morgan fingerprint density at radius 3 is 2.50 bits per heavy atom. The highest BCUT2D eigenvalue weighted by atomic mass is 15.1. The summed E-state index contributed by atoms with van der Waals surface area (Å²) >= 11 is 0. The minimum Gasteiger partial charge on any atom is -0.378 e. The molecule has 0 aliphatic heterocycles. The van der Waals surface area contributed by atoms with Gasteiger partial charge >= 0.3 is 0 Å². The van der Waals surface area contributed by atoms with Crippen LogP contribution in [0.3, 0.4) is 0 Å². The van der Waals surface area contributed by atoms with Gasteiger partial charge in [0.25, 0.3) is 0 Å². The van der Waals surface area contributed by atoms with E-state index in [2.05, 4.69) is 55.8 Å². The van der Waals surface area contributed by atoms with Gasteiger partial charge in [0.1, 0.15) is 17.5 Å².